The summed E-state index contributed by atoms with van der Waals surface area (Å²) in [5.41, 5.74) is 1.91. The Kier molecular flexibility index (Phi) is 5.19. The summed E-state index contributed by atoms with van der Waals surface area (Å²) in [5.74, 6) is -0.501. The molecule has 0 aliphatic heterocycles. The Morgan fingerprint density at radius 2 is 1.95 bits per heavy atom. The Morgan fingerprint density at radius 3 is 2.62 bits per heavy atom. The van der Waals surface area contributed by atoms with Gasteiger partial charge in [-0.25, -0.2) is 4.39 Å². The molecule has 1 N–H and O–H groups in total. The van der Waals surface area contributed by atoms with Crippen LogP contribution in [-0.2, 0) is 6.54 Å². The fourth-order valence-electron chi connectivity index (χ4n) is 1.94. The van der Waals surface area contributed by atoms with Crippen molar-refractivity contribution in [2.45, 2.75) is 19.5 Å². The van der Waals surface area contributed by atoms with Crippen LogP contribution in [0.1, 0.15) is 29.7 Å². The van der Waals surface area contributed by atoms with Gasteiger partial charge in [-0.05, 0) is 42.3 Å². The number of nitrogens with one attached hydrogen (secondary N) is 1. The Bertz CT molecular complexity index is 695. The summed E-state index contributed by atoms with van der Waals surface area (Å²) >= 11 is 11.9. The average Bonchev–Trinajstić information content (AvgIpc) is 2.48. The molecule has 1 unspecified atom stereocenters. The Morgan fingerprint density at radius 1 is 1.19 bits per heavy atom. The van der Waals surface area contributed by atoms with Crippen LogP contribution in [0.15, 0.2) is 36.4 Å². The summed E-state index contributed by atoms with van der Waals surface area (Å²) in [5, 5.41) is 13.1. The lowest BCUT2D eigenvalue weighted by Crippen LogP contribution is -2.18. The lowest BCUT2D eigenvalue weighted by molar-refractivity contribution is 0.572. The lowest BCUT2D eigenvalue weighted by atomic mass is 10.1. The standard InChI is InChI=1S/C16H13Cl2FN2/c1-10(12-3-4-14(17)15(18)7-12)21-9-11-2-5-16(19)13(6-11)8-20/h2-7,10,21H,9H2,1H3. The van der Waals surface area contributed by atoms with Crippen molar-refractivity contribution in [3.8, 4) is 6.07 Å². The van der Waals surface area contributed by atoms with E-state index in [-0.39, 0.29) is 11.6 Å². The van der Waals surface area contributed by atoms with E-state index < -0.39 is 5.82 Å². The van der Waals surface area contributed by atoms with E-state index in [0.717, 1.165) is 11.1 Å². The van der Waals surface area contributed by atoms with E-state index in [1.165, 1.54) is 6.07 Å². The molecule has 0 spiro atoms. The van der Waals surface area contributed by atoms with E-state index >= 15 is 0 Å². The number of hydrogen-bond acceptors (Lipinski definition) is 2. The van der Waals surface area contributed by atoms with Crippen molar-refractivity contribution in [3.05, 3.63) is 69.0 Å². The van der Waals surface area contributed by atoms with Gasteiger partial charge in [-0.3, -0.25) is 0 Å². The first-order valence-corrected chi connectivity index (χ1v) is 7.13. The maximum atomic E-state index is 13.2. The molecule has 2 aromatic rings. The van der Waals surface area contributed by atoms with Crippen molar-refractivity contribution in [3.63, 3.8) is 0 Å². The first kappa shape index (κ1) is 15.8. The van der Waals surface area contributed by atoms with Crippen LogP contribution in [0.2, 0.25) is 10.0 Å². The van der Waals surface area contributed by atoms with Crippen LogP contribution in [0, 0.1) is 17.1 Å². The molecule has 0 bridgehead atoms. The normalized spacial score (nSPS) is 12.0. The molecule has 0 aromatic heterocycles. The van der Waals surface area contributed by atoms with Gasteiger partial charge in [0.2, 0.25) is 0 Å². The molecule has 0 saturated carbocycles. The number of nitrogens with zero attached hydrogens (tertiary/aromatic N) is 1. The lowest BCUT2D eigenvalue weighted by Gasteiger charge is -2.15. The van der Waals surface area contributed by atoms with Gasteiger partial charge >= 0.3 is 0 Å². The molecule has 0 radical (unpaired) electrons. The van der Waals surface area contributed by atoms with Gasteiger partial charge in [0.15, 0.2) is 0 Å². The quantitative estimate of drug-likeness (QED) is 0.872. The molecule has 0 saturated heterocycles. The molecular formula is C16H13Cl2FN2. The van der Waals surface area contributed by atoms with Gasteiger partial charge in [0.1, 0.15) is 11.9 Å². The van der Waals surface area contributed by atoms with Gasteiger partial charge in [-0.2, -0.15) is 5.26 Å². The Hall–Kier alpha value is -1.60. The molecule has 0 amide bonds. The second-order valence-electron chi connectivity index (χ2n) is 4.70. The summed E-state index contributed by atoms with van der Waals surface area (Å²) in [7, 11) is 0. The van der Waals surface area contributed by atoms with Crippen LogP contribution in [0.3, 0.4) is 0 Å². The molecule has 1 atom stereocenters. The smallest absolute Gasteiger partial charge is 0.140 e. The number of benzene rings is 2. The average molecular weight is 323 g/mol. The first-order valence-electron chi connectivity index (χ1n) is 6.38. The van der Waals surface area contributed by atoms with Gasteiger partial charge in [-0.1, -0.05) is 35.3 Å². The van der Waals surface area contributed by atoms with Gasteiger partial charge in [0, 0.05) is 12.6 Å². The monoisotopic (exact) mass is 322 g/mol. The summed E-state index contributed by atoms with van der Waals surface area (Å²) in [6.45, 7) is 2.52. The fourth-order valence-corrected chi connectivity index (χ4v) is 2.25. The summed E-state index contributed by atoms with van der Waals surface area (Å²) in [6, 6.07) is 11.9. The molecule has 108 valence electrons. The van der Waals surface area contributed by atoms with Crippen molar-refractivity contribution in [1.29, 1.82) is 5.26 Å². The zero-order valence-electron chi connectivity index (χ0n) is 11.3. The Balaban J connectivity index is 2.05. The van der Waals surface area contributed by atoms with E-state index in [4.69, 9.17) is 28.5 Å². The number of rotatable bonds is 4. The summed E-state index contributed by atoms with van der Waals surface area (Å²) in [6.07, 6.45) is 0. The zero-order chi connectivity index (χ0) is 15.4. The second kappa shape index (κ2) is 6.91. The molecular weight excluding hydrogens is 310 g/mol. The third kappa shape index (κ3) is 3.95. The van der Waals surface area contributed by atoms with Gasteiger partial charge in [0.25, 0.3) is 0 Å². The Labute approximate surface area is 133 Å². The van der Waals surface area contributed by atoms with Crippen LogP contribution in [-0.4, -0.2) is 0 Å². The van der Waals surface area contributed by atoms with Crippen molar-refractivity contribution >= 4 is 23.2 Å². The van der Waals surface area contributed by atoms with Crippen LogP contribution >= 0.6 is 23.2 Å². The highest BCUT2D eigenvalue weighted by molar-refractivity contribution is 6.42. The van der Waals surface area contributed by atoms with E-state index in [0.29, 0.717) is 16.6 Å². The summed E-state index contributed by atoms with van der Waals surface area (Å²) < 4.78 is 13.2. The predicted molar refractivity (Wildman–Crippen MR) is 82.8 cm³/mol. The number of hydrogen-bond donors (Lipinski definition) is 1. The highest BCUT2D eigenvalue weighted by Crippen LogP contribution is 2.25. The van der Waals surface area contributed by atoms with E-state index in [2.05, 4.69) is 5.32 Å². The molecule has 2 nitrogen and oxygen atoms in total. The minimum atomic E-state index is -0.501. The van der Waals surface area contributed by atoms with E-state index in [1.54, 1.807) is 18.2 Å². The molecule has 0 aliphatic rings. The second-order valence-corrected chi connectivity index (χ2v) is 5.52. The van der Waals surface area contributed by atoms with Gasteiger partial charge < -0.3 is 5.32 Å². The van der Waals surface area contributed by atoms with E-state index in [9.17, 15) is 4.39 Å². The van der Waals surface area contributed by atoms with Crippen molar-refractivity contribution < 1.29 is 4.39 Å². The van der Waals surface area contributed by atoms with Crippen LogP contribution < -0.4 is 5.32 Å². The third-order valence-electron chi connectivity index (χ3n) is 3.21. The minimum Gasteiger partial charge on any atom is -0.306 e. The predicted octanol–water partition coefficient (Wildman–Crippen LogP) is 4.85. The molecule has 0 fully saturated rings. The van der Waals surface area contributed by atoms with Crippen LogP contribution in [0.25, 0.3) is 0 Å². The van der Waals surface area contributed by atoms with Gasteiger partial charge in [0.05, 0.1) is 15.6 Å². The van der Waals surface area contributed by atoms with Gasteiger partial charge in [-0.15, -0.1) is 0 Å². The van der Waals surface area contributed by atoms with Crippen molar-refractivity contribution in [1.82, 2.24) is 5.32 Å². The number of nitriles is 1. The molecule has 0 aliphatic carbocycles. The highest BCUT2D eigenvalue weighted by Gasteiger charge is 2.08. The molecule has 0 heterocycles. The van der Waals surface area contributed by atoms with Crippen molar-refractivity contribution in [2.24, 2.45) is 0 Å². The zero-order valence-corrected chi connectivity index (χ0v) is 12.8. The van der Waals surface area contributed by atoms with E-state index in [1.807, 2.05) is 25.1 Å². The largest absolute Gasteiger partial charge is 0.306 e. The highest BCUT2D eigenvalue weighted by atomic mass is 35.5. The maximum Gasteiger partial charge on any atom is 0.140 e. The number of halogens is 3. The molecule has 5 heteroatoms. The van der Waals surface area contributed by atoms with Crippen LogP contribution in [0.5, 0.6) is 0 Å². The molecule has 2 aromatic carbocycles. The molecule has 21 heavy (non-hydrogen) atoms. The van der Waals surface area contributed by atoms with Crippen molar-refractivity contribution in [2.75, 3.05) is 0 Å². The minimum absolute atomic E-state index is 0.0513. The third-order valence-corrected chi connectivity index (χ3v) is 3.95. The molecule has 2 rings (SSSR count). The van der Waals surface area contributed by atoms with Crippen LogP contribution in [0.4, 0.5) is 4.39 Å². The first-order chi connectivity index (χ1) is 10.0. The summed E-state index contributed by atoms with van der Waals surface area (Å²) in [4.78, 5) is 0. The SMILES string of the molecule is CC(NCc1ccc(F)c(C#N)c1)c1ccc(Cl)c(Cl)c1. The topological polar surface area (TPSA) is 35.8 Å². The fraction of sp³-hybridized carbons (Fsp3) is 0.188. The maximum absolute atomic E-state index is 13.2.